The van der Waals surface area contributed by atoms with E-state index in [1.165, 1.54) is 0 Å². The van der Waals surface area contributed by atoms with E-state index in [0.717, 1.165) is 17.0 Å². The first kappa shape index (κ1) is 9.96. The van der Waals surface area contributed by atoms with Crippen molar-refractivity contribution in [3.8, 4) is 6.07 Å². The van der Waals surface area contributed by atoms with Gasteiger partial charge >= 0.3 is 4.87 Å². The minimum Gasteiger partial charge on any atom is -0.315 e. The lowest BCUT2D eigenvalue weighted by Crippen LogP contribution is -2.25. The third-order valence-electron chi connectivity index (χ3n) is 1.61. The number of H-pyrrole nitrogens is 1. The van der Waals surface area contributed by atoms with Crippen LogP contribution in [0.4, 0.5) is 0 Å². The molecule has 0 radical (unpaired) electrons. The molecule has 0 aliphatic heterocycles. The first-order valence-electron chi connectivity index (χ1n) is 3.99. The van der Waals surface area contributed by atoms with Crippen LogP contribution in [0.25, 0.3) is 0 Å². The molecule has 5 heteroatoms. The average Bonchev–Trinajstić information content (AvgIpc) is 2.49. The SMILES string of the molecule is CC(CC#N)NCc1csc(=O)[nH]1. The second-order valence-corrected chi connectivity index (χ2v) is 3.66. The van der Waals surface area contributed by atoms with Crippen LogP contribution in [0.15, 0.2) is 10.2 Å². The van der Waals surface area contributed by atoms with E-state index in [9.17, 15) is 4.79 Å². The fourth-order valence-electron chi connectivity index (χ4n) is 0.894. The molecule has 0 amide bonds. The Morgan fingerprint density at radius 2 is 2.62 bits per heavy atom. The van der Waals surface area contributed by atoms with E-state index in [4.69, 9.17) is 5.26 Å². The summed E-state index contributed by atoms with van der Waals surface area (Å²) in [5, 5.41) is 13.3. The number of aromatic amines is 1. The highest BCUT2D eigenvalue weighted by Gasteiger charge is 2.01. The second-order valence-electron chi connectivity index (χ2n) is 2.82. The summed E-state index contributed by atoms with van der Waals surface area (Å²) in [6.45, 7) is 2.55. The number of rotatable bonds is 4. The van der Waals surface area contributed by atoms with Gasteiger partial charge in [-0.2, -0.15) is 5.26 Å². The predicted molar refractivity (Wildman–Crippen MR) is 51.5 cm³/mol. The maximum atomic E-state index is 10.7. The Hall–Kier alpha value is -1.12. The maximum Gasteiger partial charge on any atom is 0.304 e. The summed E-state index contributed by atoms with van der Waals surface area (Å²) in [7, 11) is 0. The third-order valence-corrected chi connectivity index (χ3v) is 2.33. The summed E-state index contributed by atoms with van der Waals surface area (Å²) in [6, 6.07) is 2.24. The van der Waals surface area contributed by atoms with Crippen molar-refractivity contribution in [3.05, 3.63) is 20.7 Å². The molecule has 1 aromatic heterocycles. The van der Waals surface area contributed by atoms with Crippen molar-refractivity contribution in [1.82, 2.24) is 10.3 Å². The number of nitrogens with zero attached hydrogens (tertiary/aromatic N) is 1. The van der Waals surface area contributed by atoms with Crippen molar-refractivity contribution in [2.45, 2.75) is 25.9 Å². The van der Waals surface area contributed by atoms with Gasteiger partial charge in [0.2, 0.25) is 0 Å². The monoisotopic (exact) mass is 197 g/mol. The minimum absolute atomic E-state index is 0.0373. The first-order chi connectivity index (χ1) is 6.22. The van der Waals surface area contributed by atoms with E-state index in [1.54, 1.807) is 5.38 Å². The lowest BCUT2D eigenvalue weighted by Gasteiger charge is -2.07. The van der Waals surface area contributed by atoms with Crippen LogP contribution in [0.3, 0.4) is 0 Å². The number of thiazole rings is 1. The Labute approximate surface area is 80.2 Å². The van der Waals surface area contributed by atoms with Gasteiger partial charge < -0.3 is 10.3 Å². The topological polar surface area (TPSA) is 68.7 Å². The summed E-state index contributed by atoms with van der Waals surface area (Å²) in [6.07, 6.45) is 0.481. The van der Waals surface area contributed by atoms with Gasteiger partial charge in [-0.05, 0) is 6.92 Å². The van der Waals surface area contributed by atoms with Crippen LogP contribution in [0.5, 0.6) is 0 Å². The molecular weight excluding hydrogens is 186 g/mol. The van der Waals surface area contributed by atoms with Crippen LogP contribution in [0.2, 0.25) is 0 Å². The van der Waals surface area contributed by atoms with Crippen LogP contribution in [-0.2, 0) is 6.54 Å². The standard InChI is InChI=1S/C8H11N3OS/c1-6(2-3-9)10-4-7-5-13-8(12)11-7/h5-6,10H,2,4H2,1H3,(H,11,12). The third kappa shape index (κ3) is 3.40. The van der Waals surface area contributed by atoms with Gasteiger partial charge in [-0.1, -0.05) is 11.3 Å². The van der Waals surface area contributed by atoms with Crippen LogP contribution in [0.1, 0.15) is 19.0 Å². The molecule has 0 saturated carbocycles. The van der Waals surface area contributed by atoms with Gasteiger partial charge in [0.1, 0.15) is 0 Å². The molecule has 4 nitrogen and oxygen atoms in total. The maximum absolute atomic E-state index is 10.7. The number of aromatic nitrogens is 1. The Bertz CT molecular complexity index is 349. The van der Waals surface area contributed by atoms with Crippen LogP contribution < -0.4 is 10.2 Å². The highest BCUT2D eigenvalue weighted by molar-refractivity contribution is 7.07. The smallest absolute Gasteiger partial charge is 0.304 e. The molecule has 0 saturated heterocycles. The molecule has 70 valence electrons. The number of hydrogen-bond donors (Lipinski definition) is 2. The molecule has 0 aliphatic rings. The molecular formula is C8H11N3OS. The van der Waals surface area contributed by atoms with Gasteiger partial charge in [-0.25, -0.2) is 0 Å². The minimum atomic E-state index is -0.0373. The van der Waals surface area contributed by atoms with E-state index >= 15 is 0 Å². The zero-order valence-electron chi connectivity index (χ0n) is 7.33. The normalized spacial score (nSPS) is 12.3. The fraction of sp³-hybridized carbons (Fsp3) is 0.500. The predicted octanol–water partition coefficient (Wildman–Crippen LogP) is 0.828. The van der Waals surface area contributed by atoms with Crippen molar-refractivity contribution in [2.24, 2.45) is 0 Å². The van der Waals surface area contributed by atoms with E-state index < -0.39 is 0 Å². The van der Waals surface area contributed by atoms with E-state index in [-0.39, 0.29) is 10.9 Å². The Morgan fingerprint density at radius 3 is 3.15 bits per heavy atom. The Morgan fingerprint density at radius 1 is 1.85 bits per heavy atom. The van der Waals surface area contributed by atoms with Crippen LogP contribution >= 0.6 is 11.3 Å². The van der Waals surface area contributed by atoms with Crippen LogP contribution in [-0.4, -0.2) is 11.0 Å². The van der Waals surface area contributed by atoms with Gasteiger partial charge in [0.05, 0.1) is 12.5 Å². The number of hydrogen-bond acceptors (Lipinski definition) is 4. The van der Waals surface area contributed by atoms with Gasteiger partial charge in [0, 0.05) is 23.7 Å². The van der Waals surface area contributed by atoms with E-state index in [0.29, 0.717) is 13.0 Å². The largest absolute Gasteiger partial charge is 0.315 e. The molecule has 0 bridgehead atoms. The van der Waals surface area contributed by atoms with E-state index in [2.05, 4.69) is 16.4 Å². The van der Waals surface area contributed by atoms with Gasteiger partial charge in [-0.3, -0.25) is 4.79 Å². The van der Waals surface area contributed by atoms with Crippen molar-refractivity contribution >= 4 is 11.3 Å². The molecule has 1 heterocycles. The zero-order chi connectivity index (χ0) is 9.68. The Balaban J connectivity index is 2.35. The summed E-state index contributed by atoms with van der Waals surface area (Å²) in [4.78, 5) is 13.4. The molecule has 0 spiro atoms. The molecule has 1 aromatic rings. The number of nitrogens with one attached hydrogen (secondary N) is 2. The second kappa shape index (κ2) is 4.80. The van der Waals surface area contributed by atoms with Crippen LogP contribution in [0, 0.1) is 11.3 Å². The lowest BCUT2D eigenvalue weighted by molar-refractivity contribution is 0.552. The van der Waals surface area contributed by atoms with Crippen molar-refractivity contribution in [1.29, 1.82) is 5.26 Å². The fourth-order valence-corrected chi connectivity index (χ4v) is 1.48. The molecule has 1 unspecified atom stereocenters. The molecule has 13 heavy (non-hydrogen) atoms. The first-order valence-corrected chi connectivity index (χ1v) is 4.87. The molecule has 0 fully saturated rings. The van der Waals surface area contributed by atoms with Gasteiger partial charge in [0.15, 0.2) is 0 Å². The Kier molecular flexibility index (Phi) is 3.68. The molecule has 1 atom stereocenters. The summed E-state index contributed by atoms with van der Waals surface area (Å²) < 4.78 is 0. The molecule has 2 N–H and O–H groups in total. The summed E-state index contributed by atoms with van der Waals surface area (Å²) in [5.41, 5.74) is 0.875. The highest BCUT2D eigenvalue weighted by Crippen LogP contribution is 1.96. The average molecular weight is 197 g/mol. The van der Waals surface area contributed by atoms with Crippen molar-refractivity contribution < 1.29 is 0 Å². The molecule has 0 aromatic carbocycles. The lowest BCUT2D eigenvalue weighted by atomic mass is 10.2. The number of nitriles is 1. The van der Waals surface area contributed by atoms with Crippen molar-refractivity contribution in [2.75, 3.05) is 0 Å². The molecule has 0 aliphatic carbocycles. The van der Waals surface area contributed by atoms with Crippen molar-refractivity contribution in [3.63, 3.8) is 0 Å². The molecule has 1 rings (SSSR count). The zero-order valence-corrected chi connectivity index (χ0v) is 8.15. The van der Waals surface area contributed by atoms with Gasteiger partial charge in [0.25, 0.3) is 0 Å². The quantitative estimate of drug-likeness (QED) is 0.751. The van der Waals surface area contributed by atoms with E-state index in [1.807, 2.05) is 6.92 Å². The highest BCUT2D eigenvalue weighted by atomic mass is 32.1. The summed E-state index contributed by atoms with van der Waals surface area (Å²) >= 11 is 1.15. The van der Waals surface area contributed by atoms with Gasteiger partial charge in [-0.15, -0.1) is 0 Å². The summed E-state index contributed by atoms with van der Waals surface area (Å²) in [5.74, 6) is 0.